The summed E-state index contributed by atoms with van der Waals surface area (Å²) < 4.78 is 5.01. The summed E-state index contributed by atoms with van der Waals surface area (Å²) >= 11 is 0. The second-order valence-corrected chi connectivity index (χ2v) is 3.81. The van der Waals surface area contributed by atoms with Crippen LogP contribution < -0.4 is 0 Å². The molecule has 2 unspecified atom stereocenters. The van der Waals surface area contributed by atoms with Gasteiger partial charge < -0.3 is 9.84 Å². The van der Waals surface area contributed by atoms with Crippen LogP contribution in [0.25, 0.3) is 0 Å². The summed E-state index contributed by atoms with van der Waals surface area (Å²) in [7, 11) is 0. The van der Waals surface area contributed by atoms with Gasteiger partial charge in [-0.2, -0.15) is 0 Å². The monoisotopic (exact) mass is 214 g/mol. The first-order chi connectivity index (χ1) is 6.84. The normalized spacial score (nSPS) is 14.1. The molecule has 86 valence electrons. The zero-order valence-corrected chi connectivity index (χ0v) is 9.45. The van der Waals surface area contributed by atoms with Crippen LogP contribution in [-0.4, -0.2) is 23.1 Å². The van der Waals surface area contributed by atoms with Crippen molar-refractivity contribution in [2.24, 2.45) is 5.92 Å². The molecule has 0 aliphatic rings. The highest BCUT2D eigenvalue weighted by molar-refractivity contribution is 5.87. The van der Waals surface area contributed by atoms with Crippen molar-refractivity contribution >= 4 is 11.9 Å². The summed E-state index contributed by atoms with van der Waals surface area (Å²) in [5.41, 5.74) is 0.355. The number of rotatable bonds is 6. The molecule has 0 rings (SSSR count). The molecule has 4 heteroatoms. The van der Waals surface area contributed by atoms with E-state index in [4.69, 9.17) is 9.84 Å². The smallest absolute Gasteiger partial charge is 0.333 e. The Bertz CT molecular complexity index is 257. The van der Waals surface area contributed by atoms with E-state index < -0.39 is 17.9 Å². The van der Waals surface area contributed by atoms with Crippen LogP contribution in [0.15, 0.2) is 12.2 Å². The molecule has 4 nitrogen and oxygen atoms in total. The van der Waals surface area contributed by atoms with Crippen molar-refractivity contribution in [2.45, 2.75) is 39.7 Å². The summed E-state index contributed by atoms with van der Waals surface area (Å²) in [6, 6.07) is 0. The van der Waals surface area contributed by atoms with Crippen molar-refractivity contribution in [1.82, 2.24) is 0 Å². The number of carboxylic acids is 1. The van der Waals surface area contributed by atoms with E-state index in [9.17, 15) is 9.59 Å². The number of aliphatic carboxylic acids is 1. The van der Waals surface area contributed by atoms with Gasteiger partial charge in [0.1, 0.15) is 0 Å². The third-order valence-electron chi connectivity index (χ3n) is 2.08. The fraction of sp³-hybridized carbons (Fsp3) is 0.636. The van der Waals surface area contributed by atoms with Crippen LogP contribution in [0, 0.1) is 5.92 Å². The molecule has 0 fully saturated rings. The van der Waals surface area contributed by atoms with Crippen LogP contribution in [0.1, 0.15) is 33.6 Å². The Morgan fingerprint density at radius 1 is 1.33 bits per heavy atom. The van der Waals surface area contributed by atoms with Gasteiger partial charge in [-0.15, -0.1) is 0 Å². The fourth-order valence-corrected chi connectivity index (χ4v) is 0.950. The summed E-state index contributed by atoms with van der Waals surface area (Å²) in [5.74, 6) is -1.66. The molecule has 2 atom stereocenters. The minimum atomic E-state index is -0.826. The van der Waals surface area contributed by atoms with E-state index in [0.29, 0.717) is 18.4 Å². The largest absolute Gasteiger partial charge is 0.481 e. The lowest BCUT2D eigenvalue weighted by molar-refractivity contribution is -0.144. The molecule has 0 aliphatic carbocycles. The standard InChI is InChI=1S/C11H18O4/c1-7(2)11(14)15-9(4)6-5-8(3)10(12)13/h8-9H,1,5-6H2,2-4H3,(H,12,13). The van der Waals surface area contributed by atoms with Gasteiger partial charge in [0.15, 0.2) is 0 Å². The van der Waals surface area contributed by atoms with Crippen LogP contribution in [0.2, 0.25) is 0 Å². The molecule has 0 radical (unpaired) electrons. The first-order valence-corrected chi connectivity index (χ1v) is 4.94. The maximum atomic E-state index is 11.1. The van der Waals surface area contributed by atoms with Gasteiger partial charge in [-0.1, -0.05) is 13.5 Å². The lowest BCUT2D eigenvalue weighted by atomic mass is 10.0. The molecule has 15 heavy (non-hydrogen) atoms. The van der Waals surface area contributed by atoms with Gasteiger partial charge in [0.25, 0.3) is 0 Å². The molecular weight excluding hydrogens is 196 g/mol. The van der Waals surface area contributed by atoms with Gasteiger partial charge in [-0.05, 0) is 26.7 Å². The first kappa shape index (κ1) is 13.7. The van der Waals surface area contributed by atoms with Crippen molar-refractivity contribution in [3.05, 3.63) is 12.2 Å². The molecule has 0 aromatic rings. The first-order valence-electron chi connectivity index (χ1n) is 4.94. The molecule has 0 aromatic carbocycles. The van der Waals surface area contributed by atoms with Crippen LogP contribution in [0.4, 0.5) is 0 Å². The Morgan fingerprint density at radius 2 is 1.87 bits per heavy atom. The SMILES string of the molecule is C=C(C)C(=O)OC(C)CCC(C)C(=O)O. The average Bonchev–Trinajstić information content (AvgIpc) is 2.13. The zero-order chi connectivity index (χ0) is 12.0. The number of esters is 1. The summed E-state index contributed by atoms with van der Waals surface area (Å²) in [5, 5.41) is 8.64. The van der Waals surface area contributed by atoms with Crippen molar-refractivity contribution in [3.63, 3.8) is 0 Å². The van der Waals surface area contributed by atoms with E-state index in [1.54, 1.807) is 20.8 Å². The molecule has 0 saturated carbocycles. The molecule has 0 saturated heterocycles. The quantitative estimate of drug-likeness (QED) is 0.542. The number of ether oxygens (including phenoxy) is 1. The second kappa shape index (κ2) is 6.22. The molecular formula is C11H18O4. The Hall–Kier alpha value is -1.32. The highest BCUT2D eigenvalue weighted by Gasteiger charge is 2.15. The number of carboxylic acid groups (broad SMARTS) is 1. The predicted octanol–water partition coefficient (Wildman–Crippen LogP) is 2.00. The van der Waals surface area contributed by atoms with Crippen LogP contribution in [0.3, 0.4) is 0 Å². The molecule has 0 aromatic heterocycles. The average molecular weight is 214 g/mol. The maximum absolute atomic E-state index is 11.1. The second-order valence-electron chi connectivity index (χ2n) is 3.81. The highest BCUT2D eigenvalue weighted by atomic mass is 16.5. The van der Waals surface area contributed by atoms with Gasteiger partial charge in [-0.25, -0.2) is 4.79 Å². The summed E-state index contributed by atoms with van der Waals surface area (Å²) in [4.78, 5) is 21.6. The predicted molar refractivity (Wildman–Crippen MR) is 56.4 cm³/mol. The number of carbonyl (C=O) groups is 2. The molecule has 0 spiro atoms. The van der Waals surface area contributed by atoms with E-state index in [2.05, 4.69) is 6.58 Å². The minimum absolute atomic E-state index is 0.268. The summed E-state index contributed by atoms with van der Waals surface area (Å²) in [6.07, 6.45) is 0.780. The highest BCUT2D eigenvalue weighted by Crippen LogP contribution is 2.11. The lowest BCUT2D eigenvalue weighted by Gasteiger charge is -2.14. The Kier molecular flexibility index (Phi) is 5.67. The van der Waals surface area contributed by atoms with E-state index in [1.807, 2.05) is 0 Å². The van der Waals surface area contributed by atoms with Crippen molar-refractivity contribution < 1.29 is 19.4 Å². The van der Waals surface area contributed by atoms with Gasteiger partial charge in [0, 0.05) is 5.57 Å². The van der Waals surface area contributed by atoms with E-state index in [1.165, 1.54) is 0 Å². The van der Waals surface area contributed by atoms with Gasteiger partial charge in [-0.3, -0.25) is 4.79 Å². The number of hydrogen-bond donors (Lipinski definition) is 1. The minimum Gasteiger partial charge on any atom is -0.481 e. The van der Waals surface area contributed by atoms with Crippen molar-refractivity contribution in [2.75, 3.05) is 0 Å². The molecule has 0 aliphatic heterocycles. The lowest BCUT2D eigenvalue weighted by Crippen LogP contribution is -2.18. The number of carbonyl (C=O) groups excluding carboxylic acids is 1. The molecule has 0 bridgehead atoms. The van der Waals surface area contributed by atoms with Crippen LogP contribution in [0.5, 0.6) is 0 Å². The topological polar surface area (TPSA) is 63.6 Å². The van der Waals surface area contributed by atoms with Crippen LogP contribution in [-0.2, 0) is 14.3 Å². The van der Waals surface area contributed by atoms with E-state index in [0.717, 1.165) is 0 Å². The summed E-state index contributed by atoms with van der Waals surface area (Å²) in [6.45, 7) is 8.42. The van der Waals surface area contributed by atoms with Gasteiger partial charge in [0.05, 0.1) is 12.0 Å². The fourth-order valence-electron chi connectivity index (χ4n) is 0.950. The third kappa shape index (κ3) is 5.88. The molecule has 0 heterocycles. The maximum Gasteiger partial charge on any atom is 0.333 e. The Labute approximate surface area is 89.9 Å². The molecule has 1 N–H and O–H groups in total. The zero-order valence-electron chi connectivity index (χ0n) is 9.45. The number of hydrogen-bond acceptors (Lipinski definition) is 3. The third-order valence-corrected chi connectivity index (χ3v) is 2.08. The van der Waals surface area contributed by atoms with Crippen molar-refractivity contribution in [3.8, 4) is 0 Å². The Balaban J connectivity index is 3.85. The van der Waals surface area contributed by atoms with Crippen molar-refractivity contribution in [1.29, 1.82) is 0 Å². The van der Waals surface area contributed by atoms with E-state index >= 15 is 0 Å². The van der Waals surface area contributed by atoms with E-state index in [-0.39, 0.29) is 6.10 Å². The Morgan fingerprint density at radius 3 is 2.27 bits per heavy atom. The molecule has 0 amide bonds. The van der Waals surface area contributed by atoms with Crippen LogP contribution >= 0.6 is 0 Å². The van der Waals surface area contributed by atoms with Gasteiger partial charge in [0.2, 0.25) is 0 Å². The van der Waals surface area contributed by atoms with Gasteiger partial charge >= 0.3 is 11.9 Å².